The second-order valence-corrected chi connectivity index (χ2v) is 4.40. The van der Waals surface area contributed by atoms with E-state index in [2.05, 4.69) is 0 Å². The molecule has 10 radical (unpaired) electrons. The van der Waals surface area contributed by atoms with E-state index in [4.69, 9.17) is 4.74 Å². The summed E-state index contributed by atoms with van der Waals surface area (Å²) in [6.45, 7) is 3.70. The molecule has 0 aliphatic heterocycles. The molecule has 0 aromatic heterocycles. The van der Waals surface area contributed by atoms with Crippen molar-refractivity contribution in [2.75, 3.05) is 0 Å². The van der Waals surface area contributed by atoms with Crippen molar-refractivity contribution < 1.29 is 9.53 Å². The van der Waals surface area contributed by atoms with Crippen LogP contribution in [0.15, 0.2) is 11.6 Å². The Hall–Kier alpha value is -0.790. The molecule has 2 heteroatoms. The van der Waals surface area contributed by atoms with Crippen molar-refractivity contribution in [1.82, 2.24) is 0 Å². The van der Waals surface area contributed by atoms with E-state index in [1.54, 1.807) is 0 Å². The van der Waals surface area contributed by atoms with Gasteiger partial charge in [0.05, 0.1) is 6.10 Å². The fourth-order valence-electron chi connectivity index (χ4n) is 1.74. The topological polar surface area (TPSA) is 26.3 Å². The summed E-state index contributed by atoms with van der Waals surface area (Å²) >= 11 is 0. The van der Waals surface area contributed by atoms with Crippen molar-refractivity contribution in [2.45, 2.75) is 20.0 Å². The number of allylic oxidation sites excluding steroid dienone is 1. The minimum Gasteiger partial charge on any atom is -0.460 e. The third kappa shape index (κ3) is 3.60. The van der Waals surface area contributed by atoms with Gasteiger partial charge in [0.1, 0.15) is 0 Å². The average molecular weight is 240 g/mol. The van der Waals surface area contributed by atoms with Crippen LogP contribution in [0, 0.1) is 63.2 Å². The number of carbonyl (C=O) groups is 1. The van der Waals surface area contributed by atoms with Gasteiger partial charge in [-0.15, -0.1) is 0 Å². The lowest BCUT2D eigenvalue weighted by atomic mass is 9.93. The minimum atomic E-state index is -0.280. The Morgan fingerprint density at radius 2 is 1.61 bits per heavy atom. The standard InChI is InChI=1S/C16H16O2/c1-12(2)18-16(17)15(14-9-5-6-10-14)11-13-7-3-4-8-13/h3-12H,1-2H3/b15-11+. The SMILES string of the molecule is CC(C)OC(=O)/C(=C/[C]1[CH][CH][CH][CH]1)[C]1[CH][CH][CH][CH]1. The molecule has 0 amide bonds. The van der Waals surface area contributed by atoms with Crippen molar-refractivity contribution in [3.8, 4) is 0 Å². The van der Waals surface area contributed by atoms with Crippen molar-refractivity contribution in [3.63, 3.8) is 0 Å². The molecule has 0 heterocycles. The molecule has 2 fully saturated rings. The predicted octanol–water partition coefficient (Wildman–Crippen LogP) is 2.67. The van der Waals surface area contributed by atoms with E-state index < -0.39 is 0 Å². The summed E-state index contributed by atoms with van der Waals surface area (Å²) in [6.07, 6.45) is 17.2. The van der Waals surface area contributed by atoms with E-state index in [0.29, 0.717) is 5.57 Å². The van der Waals surface area contributed by atoms with E-state index in [-0.39, 0.29) is 12.1 Å². The molecule has 2 saturated carbocycles. The van der Waals surface area contributed by atoms with Crippen LogP contribution in [-0.4, -0.2) is 12.1 Å². The van der Waals surface area contributed by atoms with Gasteiger partial charge in [0, 0.05) is 17.4 Å². The zero-order valence-electron chi connectivity index (χ0n) is 10.6. The Morgan fingerprint density at radius 3 is 2.17 bits per heavy atom. The molecule has 0 spiro atoms. The second kappa shape index (κ2) is 6.40. The predicted molar refractivity (Wildman–Crippen MR) is 70.2 cm³/mol. The summed E-state index contributed by atoms with van der Waals surface area (Å²) in [5.41, 5.74) is 0.597. The molecule has 92 valence electrons. The summed E-state index contributed by atoms with van der Waals surface area (Å²) in [6, 6.07) is 0. The highest BCUT2D eigenvalue weighted by Gasteiger charge is 2.29. The molecule has 0 atom stereocenters. The molecule has 2 aliphatic carbocycles. The van der Waals surface area contributed by atoms with E-state index in [1.165, 1.54) is 0 Å². The second-order valence-electron chi connectivity index (χ2n) is 4.40. The lowest BCUT2D eigenvalue weighted by molar-refractivity contribution is -0.142. The van der Waals surface area contributed by atoms with Gasteiger partial charge in [-0.05, 0) is 65.2 Å². The molecule has 2 nitrogen and oxygen atoms in total. The highest BCUT2D eigenvalue weighted by molar-refractivity contribution is 5.95. The van der Waals surface area contributed by atoms with Crippen molar-refractivity contribution in [3.05, 3.63) is 74.9 Å². The normalized spacial score (nSPS) is 22.9. The van der Waals surface area contributed by atoms with Crippen molar-refractivity contribution in [1.29, 1.82) is 0 Å². The van der Waals surface area contributed by atoms with Gasteiger partial charge in [0.15, 0.2) is 0 Å². The van der Waals surface area contributed by atoms with Gasteiger partial charge in [-0.2, -0.15) is 0 Å². The van der Waals surface area contributed by atoms with E-state index in [0.717, 1.165) is 11.8 Å². The molecule has 0 N–H and O–H groups in total. The molecule has 18 heavy (non-hydrogen) atoms. The fraction of sp³-hybridized carbons (Fsp3) is 0.188. The molecule has 2 aliphatic rings. The van der Waals surface area contributed by atoms with E-state index in [1.807, 2.05) is 71.3 Å². The number of hydrogen-bond donors (Lipinski definition) is 0. The zero-order valence-corrected chi connectivity index (χ0v) is 10.6. The summed E-state index contributed by atoms with van der Waals surface area (Å²) in [5, 5.41) is 0. The summed E-state index contributed by atoms with van der Waals surface area (Å²) in [7, 11) is 0. The van der Waals surface area contributed by atoms with Crippen molar-refractivity contribution in [2.24, 2.45) is 0 Å². The average Bonchev–Trinajstić information content (AvgIpc) is 2.98. The maximum absolute atomic E-state index is 12.1. The molecular formula is C16H16O2. The van der Waals surface area contributed by atoms with Crippen LogP contribution >= 0.6 is 0 Å². The first-order chi connectivity index (χ1) is 8.66. The summed E-state index contributed by atoms with van der Waals surface area (Å²) < 4.78 is 5.28. The lowest BCUT2D eigenvalue weighted by Gasteiger charge is -2.16. The van der Waals surface area contributed by atoms with Crippen LogP contribution in [0.25, 0.3) is 0 Å². The Bertz CT molecular complexity index is 305. The van der Waals surface area contributed by atoms with Gasteiger partial charge in [-0.25, -0.2) is 4.79 Å². The van der Waals surface area contributed by atoms with Crippen LogP contribution in [0.1, 0.15) is 13.8 Å². The first kappa shape index (κ1) is 13.6. The van der Waals surface area contributed by atoms with Gasteiger partial charge in [-0.3, -0.25) is 0 Å². The monoisotopic (exact) mass is 240 g/mol. The highest BCUT2D eigenvalue weighted by atomic mass is 16.5. The number of rotatable bonds is 4. The first-order valence-electron chi connectivity index (χ1n) is 6.03. The van der Waals surface area contributed by atoms with Gasteiger partial charge < -0.3 is 4.74 Å². The molecule has 0 bridgehead atoms. The summed E-state index contributed by atoms with van der Waals surface area (Å²) in [4.78, 5) is 12.1. The fourth-order valence-corrected chi connectivity index (χ4v) is 1.74. The van der Waals surface area contributed by atoms with Crippen LogP contribution < -0.4 is 0 Å². The lowest BCUT2D eigenvalue weighted by Crippen LogP contribution is -2.18. The van der Waals surface area contributed by atoms with Crippen LogP contribution in [0.4, 0.5) is 0 Å². The Morgan fingerprint density at radius 1 is 1.06 bits per heavy atom. The van der Waals surface area contributed by atoms with Gasteiger partial charge in [-0.1, -0.05) is 6.08 Å². The quantitative estimate of drug-likeness (QED) is 0.558. The maximum atomic E-state index is 12.1. The Labute approximate surface area is 111 Å². The molecule has 0 unspecified atom stereocenters. The van der Waals surface area contributed by atoms with Gasteiger partial charge >= 0.3 is 5.97 Å². The number of carbonyl (C=O) groups excluding carboxylic acids is 1. The Balaban J connectivity index is 2.08. The molecular weight excluding hydrogens is 224 g/mol. The third-order valence-corrected chi connectivity index (χ3v) is 2.54. The van der Waals surface area contributed by atoms with Gasteiger partial charge in [0.2, 0.25) is 0 Å². The van der Waals surface area contributed by atoms with Crippen LogP contribution in [-0.2, 0) is 9.53 Å². The van der Waals surface area contributed by atoms with Gasteiger partial charge in [0.25, 0.3) is 0 Å². The van der Waals surface area contributed by atoms with E-state index in [9.17, 15) is 4.79 Å². The first-order valence-corrected chi connectivity index (χ1v) is 6.03. The molecule has 0 saturated heterocycles. The largest absolute Gasteiger partial charge is 0.460 e. The summed E-state index contributed by atoms with van der Waals surface area (Å²) in [5.74, 6) is 1.62. The minimum absolute atomic E-state index is 0.115. The number of hydrogen-bond acceptors (Lipinski definition) is 2. The van der Waals surface area contributed by atoms with E-state index >= 15 is 0 Å². The van der Waals surface area contributed by atoms with Crippen molar-refractivity contribution >= 4 is 5.97 Å². The van der Waals surface area contributed by atoms with Crippen LogP contribution in [0.5, 0.6) is 0 Å². The maximum Gasteiger partial charge on any atom is 0.334 e. The smallest absolute Gasteiger partial charge is 0.334 e. The molecule has 0 aromatic rings. The Kier molecular flexibility index (Phi) is 4.85. The third-order valence-electron chi connectivity index (χ3n) is 2.54. The number of esters is 1. The molecule has 2 rings (SSSR count). The highest BCUT2D eigenvalue weighted by Crippen LogP contribution is 2.34. The van der Waals surface area contributed by atoms with Crippen LogP contribution in [0.3, 0.4) is 0 Å². The zero-order chi connectivity index (χ0) is 13.0. The molecule has 0 aromatic carbocycles. The number of ether oxygens (including phenoxy) is 1. The van der Waals surface area contributed by atoms with Crippen LogP contribution in [0.2, 0.25) is 0 Å².